The van der Waals surface area contributed by atoms with Gasteiger partial charge in [-0.2, -0.15) is 0 Å². The average molecular weight is 240 g/mol. The Morgan fingerprint density at radius 2 is 2.00 bits per heavy atom. The predicted octanol–water partition coefficient (Wildman–Crippen LogP) is 3.28. The molecule has 4 heteroatoms. The molecule has 0 bridgehead atoms. The molecule has 0 spiro atoms. The molecule has 1 aromatic heterocycles. The fourth-order valence-electron chi connectivity index (χ4n) is 1.57. The molecule has 84 valence electrons. The van der Waals surface area contributed by atoms with E-state index < -0.39 is 17.2 Å². The summed E-state index contributed by atoms with van der Waals surface area (Å²) in [5.74, 6) is -1.39. The first-order valence-corrected chi connectivity index (χ1v) is 5.61. The monoisotopic (exact) mass is 240 g/mol. The van der Waals surface area contributed by atoms with Gasteiger partial charge in [-0.25, -0.2) is 8.78 Å². The molecule has 1 N–H and O–H groups in total. The number of benzene rings is 1. The van der Waals surface area contributed by atoms with Crippen LogP contribution in [0.2, 0.25) is 0 Å². The van der Waals surface area contributed by atoms with Gasteiger partial charge in [0.2, 0.25) is 0 Å². The molecular formula is C12H10F2OS. The van der Waals surface area contributed by atoms with Crippen LogP contribution >= 0.6 is 11.3 Å². The summed E-state index contributed by atoms with van der Waals surface area (Å²) >= 11 is 1.33. The minimum atomic E-state index is -1.42. The number of aliphatic hydroxyl groups is 1. The molecule has 2 aromatic rings. The molecule has 0 aliphatic heterocycles. The van der Waals surface area contributed by atoms with Crippen LogP contribution in [0.15, 0.2) is 35.7 Å². The SMILES string of the molecule is CC(O)(c1cccs1)c1ccc(F)cc1F. The summed E-state index contributed by atoms with van der Waals surface area (Å²) in [5, 5.41) is 12.1. The second-order valence-electron chi connectivity index (χ2n) is 3.67. The van der Waals surface area contributed by atoms with E-state index >= 15 is 0 Å². The van der Waals surface area contributed by atoms with Gasteiger partial charge in [0.05, 0.1) is 0 Å². The molecule has 16 heavy (non-hydrogen) atoms. The van der Waals surface area contributed by atoms with E-state index in [0.29, 0.717) is 4.88 Å². The second-order valence-corrected chi connectivity index (χ2v) is 4.62. The molecule has 0 saturated carbocycles. The molecule has 0 aliphatic rings. The van der Waals surface area contributed by atoms with E-state index in [4.69, 9.17) is 0 Å². The summed E-state index contributed by atoms with van der Waals surface area (Å²) in [6.07, 6.45) is 0. The van der Waals surface area contributed by atoms with Crippen molar-refractivity contribution in [2.24, 2.45) is 0 Å². The highest BCUT2D eigenvalue weighted by Gasteiger charge is 2.29. The van der Waals surface area contributed by atoms with Gasteiger partial charge in [0.15, 0.2) is 0 Å². The summed E-state index contributed by atoms with van der Waals surface area (Å²) in [4.78, 5) is 0.623. The van der Waals surface area contributed by atoms with Gasteiger partial charge in [-0.15, -0.1) is 11.3 Å². The van der Waals surface area contributed by atoms with Crippen molar-refractivity contribution in [1.82, 2.24) is 0 Å². The van der Waals surface area contributed by atoms with Crippen LogP contribution in [0.1, 0.15) is 17.4 Å². The fourth-order valence-corrected chi connectivity index (χ4v) is 2.37. The predicted molar refractivity (Wildman–Crippen MR) is 59.3 cm³/mol. The maximum atomic E-state index is 13.5. The van der Waals surface area contributed by atoms with Crippen LogP contribution in [-0.4, -0.2) is 5.11 Å². The molecule has 0 aliphatic carbocycles. The molecule has 0 amide bonds. The molecule has 1 heterocycles. The van der Waals surface area contributed by atoms with Crippen LogP contribution in [0.3, 0.4) is 0 Å². The first-order valence-electron chi connectivity index (χ1n) is 4.73. The zero-order chi connectivity index (χ0) is 11.8. The van der Waals surface area contributed by atoms with Crippen molar-refractivity contribution in [2.45, 2.75) is 12.5 Å². The van der Waals surface area contributed by atoms with Crippen molar-refractivity contribution in [3.63, 3.8) is 0 Å². The van der Waals surface area contributed by atoms with Crippen molar-refractivity contribution in [3.05, 3.63) is 57.8 Å². The highest BCUT2D eigenvalue weighted by molar-refractivity contribution is 7.10. The maximum absolute atomic E-state index is 13.5. The Hall–Kier alpha value is -1.26. The lowest BCUT2D eigenvalue weighted by atomic mass is 9.94. The highest BCUT2D eigenvalue weighted by atomic mass is 32.1. The third-order valence-electron chi connectivity index (χ3n) is 2.46. The van der Waals surface area contributed by atoms with Gasteiger partial charge in [0, 0.05) is 16.5 Å². The normalized spacial score (nSPS) is 14.8. The van der Waals surface area contributed by atoms with Gasteiger partial charge < -0.3 is 5.11 Å². The van der Waals surface area contributed by atoms with E-state index in [-0.39, 0.29) is 5.56 Å². The van der Waals surface area contributed by atoms with Crippen LogP contribution in [0.4, 0.5) is 8.78 Å². The zero-order valence-electron chi connectivity index (χ0n) is 8.58. The van der Waals surface area contributed by atoms with Crippen LogP contribution in [0.25, 0.3) is 0 Å². The van der Waals surface area contributed by atoms with E-state index in [2.05, 4.69) is 0 Å². The van der Waals surface area contributed by atoms with Crippen molar-refractivity contribution in [2.75, 3.05) is 0 Å². The Bertz CT molecular complexity index is 492. The summed E-state index contributed by atoms with van der Waals surface area (Å²) in [5.41, 5.74) is -1.34. The van der Waals surface area contributed by atoms with Crippen molar-refractivity contribution < 1.29 is 13.9 Å². The van der Waals surface area contributed by atoms with E-state index in [1.165, 1.54) is 24.3 Å². The lowest BCUT2D eigenvalue weighted by Crippen LogP contribution is -2.23. The molecular weight excluding hydrogens is 230 g/mol. The quantitative estimate of drug-likeness (QED) is 0.854. The van der Waals surface area contributed by atoms with Gasteiger partial charge in [0.25, 0.3) is 0 Å². The first kappa shape index (κ1) is 11.2. The molecule has 1 nitrogen and oxygen atoms in total. The largest absolute Gasteiger partial charge is 0.380 e. The Labute approximate surface area is 96.0 Å². The summed E-state index contributed by atoms with van der Waals surface area (Å²) in [6, 6.07) is 6.67. The van der Waals surface area contributed by atoms with Gasteiger partial charge >= 0.3 is 0 Å². The zero-order valence-corrected chi connectivity index (χ0v) is 9.39. The molecule has 0 fully saturated rings. The van der Waals surface area contributed by atoms with Crippen LogP contribution in [0.5, 0.6) is 0 Å². The maximum Gasteiger partial charge on any atom is 0.132 e. The van der Waals surface area contributed by atoms with E-state index in [9.17, 15) is 13.9 Å². The lowest BCUT2D eigenvalue weighted by Gasteiger charge is -2.22. The first-order chi connectivity index (χ1) is 7.51. The number of thiophene rings is 1. The Kier molecular flexibility index (Phi) is 2.78. The Morgan fingerprint density at radius 1 is 1.25 bits per heavy atom. The minimum absolute atomic E-state index is 0.0800. The standard InChI is InChI=1S/C12H10F2OS/c1-12(15,11-3-2-6-16-11)9-5-4-8(13)7-10(9)14/h2-7,15H,1H3. The van der Waals surface area contributed by atoms with E-state index in [0.717, 1.165) is 12.1 Å². The van der Waals surface area contributed by atoms with Gasteiger partial charge in [-0.05, 0) is 30.5 Å². The van der Waals surface area contributed by atoms with E-state index in [1.807, 2.05) is 0 Å². The van der Waals surface area contributed by atoms with Crippen LogP contribution in [0, 0.1) is 11.6 Å². The number of halogens is 2. The lowest BCUT2D eigenvalue weighted by molar-refractivity contribution is 0.102. The van der Waals surface area contributed by atoms with E-state index in [1.54, 1.807) is 17.5 Å². The Morgan fingerprint density at radius 3 is 2.56 bits per heavy atom. The van der Waals surface area contributed by atoms with Crippen LogP contribution < -0.4 is 0 Å². The molecule has 1 atom stereocenters. The molecule has 2 rings (SSSR count). The fraction of sp³-hybridized carbons (Fsp3) is 0.167. The number of rotatable bonds is 2. The van der Waals surface area contributed by atoms with Gasteiger partial charge in [0.1, 0.15) is 17.2 Å². The third-order valence-corrected chi connectivity index (χ3v) is 3.54. The van der Waals surface area contributed by atoms with Gasteiger partial charge in [-0.1, -0.05) is 6.07 Å². The molecule has 1 aromatic carbocycles. The summed E-state index contributed by atoms with van der Waals surface area (Å²) in [6.45, 7) is 1.50. The molecule has 1 unspecified atom stereocenters. The summed E-state index contributed by atoms with van der Waals surface area (Å²) < 4.78 is 26.3. The van der Waals surface area contributed by atoms with Crippen molar-refractivity contribution in [1.29, 1.82) is 0 Å². The Balaban J connectivity index is 2.51. The number of hydrogen-bond donors (Lipinski definition) is 1. The van der Waals surface area contributed by atoms with Crippen LogP contribution in [-0.2, 0) is 5.60 Å². The highest BCUT2D eigenvalue weighted by Crippen LogP contribution is 2.33. The number of hydrogen-bond acceptors (Lipinski definition) is 2. The average Bonchev–Trinajstić information content (AvgIpc) is 2.69. The van der Waals surface area contributed by atoms with Gasteiger partial charge in [-0.3, -0.25) is 0 Å². The second kappa shape index (κ2) is 3.96. The third kappa shape index (κ3) is 1.86. The smallest absolute Gasteiger partial charge is 0.132 e. The molecule has 0 radical (unpaired) electrons. The van der Waals surface area contributed by atoms with Crippen molar-refractivity contribution >= 4 is 11.3 Å². The van der Waals surface area contributed by atoms with Crippen molar-refractivity contribution in [3.8, 4) is 0 Å². The summed E-state index contributed by atoms with van der Waals surface area (Å²) in [7, 11) is 0. The minimum Gasteiger partial charge on any atom is -0.380 e. The topological polar surface area (TPSA) is 20.2 Å². The molecule has 0 saturated heterocycles.